The second kappa shape index (κ2) is 8.59. The lowest BCUT2D eigenvalue weighted by atomic mass is 9.84. The lowest BCUT2D eigenvalue weighted by molar-refractivity contribution is -0.131. The molecular formula is C17H32N8O2. The van der Waals surface area contributed by atoms with Crippen molar-refractivity contribution >= 4 is 5.91 Å². The Bertz CT molecular complexity index is 623. The number of ether oxygens (including phenoxy) is 1. The number of amides is 1. The van der Waals surface area contributed by atoms with Crippen LogP contribution in [-0.4, -0.2) is 87.9 Å². The van der Waals surface area contributed by atoms with Crippen molar-refractivity contribution in [2.45, 2.75) is 52.4 Å². The molecule has 0 bridgehead atoms. The highest BCUT2D eigenvalue weighted by atomic mass is 16.5. The molecule has 0 radical (unpaired) electrons. The number of hydrogen-bond donors (Lipinski definition) is 2. The van der Waals surface area contributed by atoms with Gasteiger partial charge in [-0.1, -0.05) is 20.8 Å². The predicted molar refractivity (Wildman–Crippen MR) is 99.5 cm³/mol. The molecule has 3 heterocycles. The summed E-state index contributed by atoms with van der Waals surface area (Å²) in [6.07, 6.45) is 0.994. The van der Waals surface area contributed by atoms with E-state index in [0.29, 0.717) is 25.0 Å². The van der Waals surface area contributed by atoms with Crippen LogP contribution in [0.25, 0.3) is 0 Å². The molecule has 0 aliphatic carbocycles. The van der Waals surface area contributed by atoms with Crippen molar-refractivity contribution in [2.75, 3.05) is 39.9 Å². The van der Waals surface area contributed by atoms with E-state index in [2.05, 4.69) is 52.0 Å². The Morgan fingerprint density at radius 1 is 1.30 bits per heavy atom. The van der Waals surface area contributed by atoms with Crippen LogP contribution in [0, 0.1) is 5.41 Å². The molecule has 10 nitrogen and oxygen atoms in total. The highest BCUT2D eigenvalue weighted by molar-refractivity contribution is 5.75. The van der Waals surface area contributed by atoms with Crippen LogP contribution >= 0.6 is 0 Å². The van der Waals surface area contributed by atoms with Gasteiger partial charge in [0.2, 0.25) is 5.91 Å². The summed E-state index contributed by atoms with van der Waals surface area (Å²) in [5.74, 6) is 0.721. The maximum atomic E-state index is 12.6. The molecule has 152 valence electrons. The fourth-order valence-electron chi connectivity index (χ4n) is 3.41. The van der Waals surface area contributed by atoms with Gasteiger partial charge < -0.3 is 9.64 Å². The SMILES string of the molecule is CN(CC1CC(C(C)(C)C)NN1)C(=O)Cn1nnnc1CN1CCOCC1. The maximum absolute atomic E-state index is 12.6. The summed E-state index contributed by atoms with van der Waals surface area (Å²) in [4.78, 5) is 16.6. The zero-order chi connectivity index (χ0) is 19.4. The lowest BCUT2D eigenvalue weighted by Gasteiger charge is -2.26. The van der Waals surface area contributed by atoms with Crippen molar-refractivity contribution < 1.29 is 9.53 Å². The number of likely N-dealkylation sites (N-methyl/N-ethyl adjacent to an activating group) is 1. The summed E-state index contributed by atoms with van der Waals surface area (Å²) >= 11 is 0. The first-order valence-corrected chi connectivity index (χ1v) is 9.63. The molecule has 2 fully saturated rings. The number of tetrazole rings is 1. The smallest absolute Gasteiger partial charge is 0.244 e. The third-order valence-electron chi connectivity index (χ3n) is 5.31. The van der Waals surface area contributed by atoms with Crippen LogP contribution in [0.15, 0.2) is 0 Å². The van der Waals surface area contributed by atoms with Crippen molar-refractivity contribution in [3.05, 3.63) is 5.82 Å². The second-order valence-corrected chi connectivity index (χ2v) is 8.56. The van der Waals surface area contributed by atoms with E-state index in [4.69, 9.17) is 4.74 Å². The molecular weight excluding hydrogens is 348 g/mol. The topological polar surface area (TPSA) is 100 Å². The third-order valence-corrected chi connectivity index (χ3v) is 5.31. The number of hydrazine groups is 1. The molecule has 0 spiro atoms. The molecule has 2 aliphatic heterocycles. The number of morpholine rings is 1. The van der Waals surface area contributed by atoms with Crippen molar-refractivity contribution in [3.8, 4) is 0 Å². The zero-order valence-corrected chi connectivity index (χ0v) is 16.8. The number of nitrogens with zero attached hydrogens (tertiary/aromatic N) is 6. The summed E-state index contributed by atoms with van der Waals surface area (Å²) < 4.78 is 6.97. The van der Waals surface area contributed by atoms with Crippen LogP contribution in [0.4, 0.5) is 0 Å². The molecule has 2 atom stereocenters. The van der Waals surface area contributed by atoms with Gasteiger partial charge in [0.1, 0.15) is 6.54 Å². The Morgan fingerprint density at radius 2 is 2.04 bits per heavy atom. The maximum Gasteiger partial charge on any atom is 0.244 e. The minimum Gasteiger partial charge on any atom is -0.379 e. The Hall–Kier alpha value is -1.62. The number of carbonyl (C=O) groups is 1. The minimum atomic E-state index is 0.00605. The average molecular weight is 380 g/mol. The van der Waals surface area contributed by atoms with Crippen LogP contribution < -0.4 is 10.9 Å². The summed E-state index contributed by atoms with van der Waals surface area (Å²) in [5.41, 5.74) is 6.85. The average Bonchev–Trinajstić information content (AvgIpc) is 3.25. The molecule has 3 rings (SSSR count). The van der Waals surface area contributed by atoms with Crippen LogP contribution in [0.1, 0.15) is 33.0 Å². The molecule has 0 saturated carbocycles. The van der Waals surface area contributed by atoms with Crippen LogP contribution in [-0.2, 0) is 22.6 Å². The Kier molecular flexibility index (Phi) is 6.40. The molecule has 2 saturated heterocycles. The van der Waals surface area contributed by atoms with E-state index in [1.807, 2.05) is 7.05 Å². The standard InChI is InChI=1S/C17H32N8O2/c1-17(2,3)14-9-13(18-19-14)10-23(4)16(26)12-25-15(20-21-22-25)11-24-5-7-27-8-6-24/h13-14,18-19H,5-12H2,1-4H3. The van der Waals surface area contributed by atoms with Gasteiger partial charge in [0.05, 0.1) is 19.8 Å². The molecule has 2 aliphatic rings. The predicted octanol–water partition coefficient (Wildman–Crippen LogP) is -0.755. The van der Waals surface area contributed by atoms with E-state index in [-0.39, 0.29) is 23.9 Å². The third kappa shape index (κ3) is 5.44. The summed E-state index contributed by atoms with van der Waals surface area (Å²) in [5, 5.41) is 11.8. The van der Waals surface area contributed by atoms with Crippen molar-refractivity contribution in [1.82, 2.24) is 40.9 Å². The minimum absolute atomic E-state index is 0.00605. The summed E-state index contributed by atoms with van der Waals surface area (Å²) in [7, 11) is 1.83. The van der Waals surface area contributed by atoms with Gasteiger partial charge in [-0.3, -0.25) is 20.5 Å². The molecule has 0 aromatic carbocycles. The normalized spacial score (nSPS) is 24.3. The van der Waals surface area contributed by atoms with Gasteiger partial charge in [0.25, 0.3) is 0 Å². The van der Waals surface area contributed by atoms with Gasteiger partial charge in [-0.2, -0.15) is 0 Å². The quantitative estimate of drug-likeness (QED) is 0.665. The number of carbonyl (C=O) groups excluding carboxylic acids is 1. The first-order valence-electron chi connectivity index (χ1n) is 9.63. The largest absolute Gasteiger partial charge is 0.379 e. The lowest BCUT2D eigenvalue weighted by Crippen LogP contribution is -2.43. The van der Waals surface area contributed by atoms with E-state index in [1.165, 1.54) is 0 Å². The van der Waals surface area contributed by atoms with Crippen molar-refractivity contribution in [3.63, 3.8) is 0 Å². The summed E-state index contributed by atoms with van der Waals surface area (Å²) in [6.45, 7) is 11.3. The van der Waals surface area contributed by atoms with Crippen LogP contribution in [0.3, 0.4) is 0 Å². The van der Waals surface area contributed by atoms with Crippen molar-refractivity contribution in [1.29, 1.82) is 0 Å². The first-order chi connectivity index (χ1) is 12.8. The number of aromatic nitrogens is 4. The Balaban J connectivity index is 1.49. The fourth-order valence-corrected chi connectivity index (χ4v) is 3.41. The van der Waals surface area contributed by atoms with Gasteiger partial charge in [-0.15, -0.1) is 5.10 Å². The van der Waals surface area contributed by atoms with E-state index in [1.54, 1.807) is 9.58 Å². The molecule has 1 aromatic rings. The Labute approximate surface area is 160 Å². The molecule has 2 unspecified atom stereocenters. The van der Waals surface area contributed by atoms with E-state index in [9.17, 15) is 4.79 Å². The molecule has 1 amide bonds. The second-order valence-electron chi connectivity index (χ2n) is 8.56. The molecule has 1 aromatic heterocycles. The number of rotatable bonds is 6. The van der Waals surface area contributed by atoms with Crippen LogP contribution in [0.5, 0.6) is 0 Å². The zero-order valence-electron chi connectivity index (χ0n) is 16.8. The van der Waals surface area contributed by atoms with E-state index in [0.717, 1.165) is 32.7 Å². The number of hydrogen-bond acceptors (Lipinski definition) is 8. The molecule has 10 heteroatoms. The molecule has 2 N–H and O–H groups in total. The van der Waals surface area contributed by atoms with Gasteiger partial charge in [0, 0.05) is 38.8 Å². The van der Waals surface area contributed by atoms with Gasteiger partial charge >= 0.3 is 0 Å². The van der Waals surface area contributed by atoms with Gasteiger partial charge in [0.15, 0.2) is 5.82 Å². The van der Waals surface area contributed by atoms with Crippen molar-refractivity contribution in [2.24, 2.45) is 5.41 Å². The highest BCUT2D eigenvalue weighted by Crippen LogP contribution is 2.25. The van der Waals surface area contributed by atoms with E-state index < -0.39 is 0 Å². The van der Waals surface area contributed by atoms with Gasteiger partial charge in [-0.05, 0) is 22.3 Å². The van der Waals surface area contributed by atoms with E-state index >= 15 is 0 Å². The number of nitrogens with one attached hydrogen (secondary N) is 2. The van der Waals surface area contributed by atoms with Gasteiger partial charge in [-0.25, -0.2) is 4.68 Å². The highest BCUT2D eigenvalue weighted by Gasteiger charge is 2.33. The Morgan fingerprint density at radius 3 is 2.70 bits per heavy atom. The summed E-state index contributed by atoms with van der Waals surface area (Å²) in [6, 6.07) is 0.635. The van der Waals surface area contributed by atoms with Crippen LogP contribution in [0.2, 0.25) is 0 Å². The fraction of sp³-hybridized carbons (Fsp3) is 0.882. The first kappa shape index (κ1) is 20.1. The molecule has 27 heavy (non-hydrogen) atoms. The monoisotopic (exact) mass is 380 g/mol.